The van der Waals surface area contributed by atoms with Crippen LogP contribution in [-0.2, 0) is 9.53 Å². The van der Waals surface area contributed by atoms with Crippen LogP contribution in [-0.4, -0.2) is 32.2 Å². The molecule has 0 aliphatic heterocycles. The maximum atomic E-state index is 11.7. The van der Waals surface area contributed by atoms with Crippen LogP contribution in [0, 0.1) is 5.92 Å². The van der Waals surface area contributed by atoms with Crippen molar-refractivity contribution in [3.63, 3.8) is 0 Å². The molecular formula is C15H23N3O3. The van der Waals surface area contributed by atoms with Gasteiger partial charge in [-0.1, -0.05) is 19.9 Å². The SMILES string of the molecule is COCCCNC(=O)Nc1cccc(NC(=O)C(C)C)c1. The number of ether oxygens (including phenoxy) is 1. The molecule has 0 bridgehead atoms. The molecule has 6 nitrogen and oxygen atoms in total. The molecule has 0 saturated heterocycles. The van der Waals surface area contributed by atoms with Crippen LogP contribution in [0.1, 0.15) is 20.3 Å². The normalized spacial score (nSPS) is 10.3. The molecule has 1 aromatic rings. The Bertz CT molecular complexity index is 475. The lowest BCUT2D eigenvalue weighted by Crippen LogP contribution is -2.30. The number of carbonyl (C=O) groups excluding carboxylic acids is 2. The van der Waals surface area contributed by atoms with E-state index in [1.54, 1.807) is 31.4 Å². The number of nitrogens with one attached hydrogen (secondary N) is 3. The summed E-state index contributed by atoms with van der Waals surface area (Å²) in [6, 6.07) is 6.76. The molecule has 0 radical (unpaired) electrons. The molecule has 0 heterocycles. The van der Waals surface area contributed by atoms with E-state index in [0.717, 1.165) is 6.42 Å². The molecule has 0 atom stereocenters. The van der Waals surface area contributed by atoms with Crippen LogP contribution < -0.4 is 16.0 Å². The predicted octanol–water partition coefficient (Wildman–Crippen LogP) is 2.44. The maximum absolute atomic E-state index is 11.7. The summed E-state index contributed by atoms with van der Waals surface area (Å²) in [6.07, 6.45) is 0.758. The molecule has 1 aromatic carbocycles. The van der Waals surface area contributed by atoms with Crippen LogP contribution >= 0.6 is 0 Å². The topological polar surface area (TPSA) is 79.5 Å². The Balaban J connectivity index is 2.48. The van der Waals surface area contributed by atoms with Crippen molar-refractivity contribution in [3.8, 4) is 0 Å². The van der Waals surface area contributed by atoms with E-state index < -0.39 is 0 Å². The summed E-state index contributed by atoms with van der Waals surface area (Å²) in [5.41, 5.74) is 1.28. The predicted molar refractivity (Wildman–Crippen MR) is 83.4 cm³/mol. The lowest BCUT2D eigenvalue weighted by atomic mass is 10.2. The number of rotatable bonds is 7. The van der Waals surface area contributed by atoms with Gasteiger partial charge in [-0.05, 0) is 24.6 Å². The van der Waals surface area contributed by atoms with E-state index in [1.165, 1.54) is 0 Å². The van der Waals surface area contributed by atoms with E-state index in [4.69, 9.17) is 4.74 Å². The highest BCUT2D eigenvalue weighted by atomic mass is 16.5. The summed E-state index contributed by atoms with van der Waals surface area (Å²) in [5.74, 6) is -0.151. The molecule has 0 aromatic heterocycles. The summed E-state index contributed by atoms with van der Waals surface area (Å²) in [5, 5.41) is 8.23. The van der Waals surface area contributed by atoms with Crippen LogP contribution in [0.15, 0.2) is 24.3 Å². The number of amides is 3. The zero-order valence-corrected chi connectivity index (χ0v) is 12.7. The van der Waals surface area contributed by atoms with Crippen LogP contribution in [0.2, 0.25) is 0 Å². The summed E-state index contributed by atoms with van der Waals surface area (Å²) < 4.78 is 4.90. The summed E-state index contributed by atoms with van der Waals surface area (Å²) >= 11 is 0. The third-order valence-electron chi connectivity index (χ3n) is 2.72. The van der Waals surface area contributed by atoms with Crippen molar-refractivity contribution in [1.29, 1.82) is 0 Å². The summed E-state index contributed by atoms with van der Waals surface area (Å²) in [4.78, 5) is 23.3. The first-order chi connectivity index (χ1) is 10.0. The van der Waals surface area contributed by atoms with Gasteiger partial charge in [0.05, 0.1) is 0 Å². The first-order valence-electron chi connectivity index (χ1n) is 6.97. The van der Waals surface area contributed by atoms with E-state index >= 15 is 0 Å². The van der Waals surface area contributed by atoms with Crippen molar-refractivity contribution in [2.45, 2.75) is 20.3 Å². The fraction of sp³-hybridized carbons (Fsp3) is 0.467. The molecule has 0 spiro atoms. The van der Waals surface area contributed by atoms with E-state index in [0.29, 0.717) is 24.5 Å². The largest absolute Gasteiger partial charge is 0.385 e. The third-order valence-corrected chi connectivity index (χ3v) is 2.72. The second-order valence-electron chi connectivity index (χ2n) is 4.95. The van der Waals surface area contributed by atoms with Gasteiger partial charge in [0, 0.05) is 37.6 Å². The average molecular weight is 293 g/mol. The maximum Gasteiger partial charge on any atom is 0.319 e. The highest BCUT2D eigenvalue weighted by Crippen LogP contribution is 2.15. The number of carbonyl (C=O) groups is 2. The quantitative estimate of drug-likeness (QED) is 0.676. The number of urea groups is 1. The molecule has 116 valence electrons. The second kappa shape index (κ2) is 8.97. The summed E-state index contributed by atoms with van der Waals surface area (Å²) in [6.45, 7) is 4.80. The van der Waals surface area contributed by atoms with Gasteiger partial charge in [-0.25, -0.2) is 4.79 Å². The fourth-order valence-corrected chi connectivity index (χ4v) is 1.56. The van der Waals surface area contributed by atoms with E-state index in [1.807, 2.05) is 13.8 Å². The van der Waals surface area contributed by atoms with Crippen molar-refractivity contribution >= 4 is 23.3 Å². The number of hydrogen-bond donors (Lipinski definition) is 3. The Labute approximate surface area is 125 Å². The fourth-order valence-electron chi connectivity index (χ4n) is 1.56. The molecule has 3 N–H and O–H groups in total. The number of hydrogen-bond acceptors (Lipinski definition) is 3. The highest BCUT2D eigenvalue weighted by Gasteiger charge is 2.08. The van der Waals surface area contributed by atoms with Crippen molar-refractivity contribution < 1.29 is 14.3 Å². The number of methoxy groups -OCH3 is 1. The smallest absolute Gasteiger partial charge is 0.319 e. The Morgan fingerprint density at radius 3 is 2.48 bits per heavy atom. The molecule has 1 rings (SSSR count). The van der Waals surface area contributed by atoms with Gasteiger partial charge >= 0.3 is 6.03 Å². The van der Waals surface area contributed by atoms with E-state index in [2.05, 4.69) is 16.0 Å². The zero-order chi connectivity index (χ0) is 15.7. The van der Waals surface area contributed by atoms with Crippen molar-refractivity contribution in [2.75, 3.05) is 30.9 Å². The van der Waals surface area contributed by atoms with Crippen molar-refractivity contribution in [2.24, 2.45) is 5.92 Å². The van der Waals surface area contributed by atoms with Crippen molar-refractivity contribution in [1.82, 2.24) is 5.32 Å². The molecular weight excluding hydrogens is 270 g/mol. The van der Waals surface area contributed by atoms with Crippen molar-refractivity contribution in [3.05, 3.63) is 24.3 Å². The Kier molecular flexibility index (Phi) is 7.25. The van der Waals surface area contributed by atoms with Crippen LogP contribution in [0.25, 0.3) is 0 Å². The standard InChI is InChI=1S/C15H23N3O3/c1-11(2)14(19)17-12-6-4-7-13(10-12)18-15(20)16-8-5-9-21-3/h4,6-7,10-11H,5,8-9H2,1-3H3,(H,17,19)(H2,16,18,20). The first kappa shape index (κ1) is 17.0. The number of anilines is 2. The van der Waals surface area contributed by atoms with Crippen LogP contribution in [0.3, 0.4) is 0 Å². The average Bonchev–Trinajstić information content (AvgIpc) is 2.44. The highest BCUT2D eigenvalue weighted by molar-refractivity contribution is 5.94. The molecule has 0 aliphatic carbocycles. The third kappa shape index (κ3) is 6.76. The van der Waals surface area contributed by atoms with Crippen LogP contribution in [0.4, 0.5) is 16.2 Å². The Morgan fingerprint density at radius 1 is 1.19 bits per heavy atom. The van der Waals surface area contributed by atoms with Gasteiger partial charge in [-0.15, -0.1) is 0 Å². The number of benzene rings is 1. The lowest BCUT2D eigenvalue weighted by Gasteiger charge is -2.11. The molecule has 0 unspecified atom stereocenters. The molecule has 21 heavy (non-hydrogen) atoms. The van der Waals surface area contributed by atoms with Gasteiger partial charge in [-0.2, -0.15) is 0 Å². The Hall–Kier alpha value is -2.08. The Morgan fingerprint density at radius 2 is 1.86 bits per heavy atom. The lowest BCUT2D eigenvalue weighted by molar-refractivity contribution is -0.118. The van der Waals surface area contributed by atoms with Gasteiger partial charge in [0.15, 0.2) is 0 Å². The van der Waals surface area contributed by atoms with Gasteiger partial charge in [0.1, 0.15) is 0 Å². The monoisotopic (exact) mass is 293 g/mol. The minimum absolute atomic E-state index is 0.0591. The summed E-state index contributed by atoms with van der Waals surface area (Å²) in [7, 11) is 1.62. The van der Waals surface area contributed by atoms with E-state index in [-0.39, 0.29) is 17.9 Å². The molecule has 0 fully saturated rings. The molecule has 6 heteroatoms. The van der Waals surface area contributed by atoms with Gasteiger partial charge in [0.2, 0.25) is 5.91 Å². The van der Waals surface area contributed by atoms with E-state index in [9.17, 15) is 9.59 Å². The van der Waals surface area contributed by atoms with Gasteiger partial charge in [0.25, 0.3) is 0 Å². The minimum Gasteiger partial charge on any atom is -0.385 e. The first-order valence-corrected chi connectivity index (χ1v) is 6.97. The van der Waals surface area contributed by atoms with Gasteiger partial charge in [-0.3, -0.25) is 4.79 Å². The van der Waals surface area contributed by atoms with Gasteiger partial charge < -0.3 is 20.7 Å². The molecule has 0 aliphatic rings. The second-order valence-corrected chi connectivity index (χ2v) is 4.95. The minimum atomic E-state index is -0.279. The molecule has 3 amide bonds. The molecule has 0 saturated carbocycles. The van der Waals surface area contributed by atoms with Crippen LogP contribution in [0.5, 0.6) is 0 Å². The zero-order valence-electron chi connectivity index (χ0n) is 12.7.